The number of nitrogens with one attached hydrogen (secondary N) is 1. The molecule has 0 aromatic carbocycles. The Morgan fingerprint density at radius 3 is 2.74 bits per heavy atom. The summed E-state index contributed by atoms with van der Waals surface area (Å²) in [5.74, 6) is 2.08. The van der Waals surface area contributed by atoms with E-state index in [-0.39, 0.29) is 5.91 Å². The number of anilines is 1. The molecule has 0 bridgehead atoms. The molecule has 0 spiro atoms. The summed E-state index contributed by atoms with van der Waals surface area (Å²) in [6, 6.07) is 9.70. The van der Waals surface area contributed by atoms with Gasteiger partial charge in [0.15, 0.2) is 0 Å². The molecule has 23 heavy (non-hydrogen) atoms. The quantitative estimate of drug-likeness (QED) is 0.819. The first-order chi connectivity index (χ1) is 11.3. The third-order valence-electron chi connectivity index (χ3n) is 4.00. The molecule has 1 saturated heterocycles. The van der Waals surface area contributed by atoms with Crippen molar-refractivity contribution in [1.82, 2.24) is 15.2 Å². The number of amides is 1. The van der Waals surface area contributed by atoms with Crippen LogP contribution in [-0.2, 0) is 11.3 Å². The van der Waals surface area contributed by atoms with Crippen molar-refractivity contribution in [2.45, 2.75) is 13.0 Å². The first-order valence-corrected chi connectivity index (χ1v) is 8.00. The second kappa shape index (κ2) is 7.78. The van der Waals surface area contributed by atoms with Crippen LogP contribution in [0, 0.1) is 0 Å². The minimum absolute atomic E-state index is 0.206. The SMILES string of the molecule is O=C(CCNCc1ccco1)N1CCN(c2ccccn2)CC1. The Morgan fingerprint density at radius 1 is 1.17 bits per heavy atom. The molecule has 0 saturated carbocycles. The summed E-state index contributed by atoms with van der Waals surface area (Å²) >= 11 is 0. The van der Waals surface area contributed by atoms with Gasteiger partial charge in [-0.2, -0.15) is 0 Å². The van der Waals surface area contributed by atoms with Crippen LogP contribution >= 0.6 is 0 Å². The van der Waals surface area contributed by atoms with Gasteiger partial charge in [-0.05, 0) is 24.3 Å². The van der Waals surface area contributed by atoms with E-state index in [9.17, 15) is 4.79 Å². The Balaban J connectivity index is 1.36. The molecule has 1 amide bonds. The van der Waals surface area contributed by atoms with Crippen LogP contribution in [0.3, 0.4) is 0 Å². The van der Waals surface area contributed by atoms with Gasteiger partial charge in [0, 0.05) is 45.3 Å². The third-order valence-corrected chi connectivity index (χ3v) is 4.00. The molecule has 6 heteroatoms. The largest absolute Gasteiger partial charge is 0.468 e. The number of furan rings is 1. The van der Waals surface area contributed by atoms with Crippen LogP contribution in [0.15, 0.2) is 47.2 Å². The zero-order valence-corrected chi connectivity index (χ0v) is 13.1. The van der Waals surface area contributed by atoms with E-state index in [0.29, 0.717) is 19.5 Å². The van der Waals surface area contributed by atoms with E-state index in [0.717, 1.165) is 37.8 Å². The van der Waals surface area contributed by atoms with Crippen molar-refractivity contribution in [2.75, 3.05) is 37.6 Å². The molecule has 0 atom stereocenters. The van der Waals surface area contributed by atoms with Gasteiger partial charge in [-0.15, -0.1) is 0 Å². The van der Waals surface area contributed by atoms with Crippen molar-refractivity contribution in [2.24, 2.45) is 0 Å². The number of piperazine rings is 1. The van der Waals surface area contributed by atoms with E-state index >= 15 is 0 Å². The maximum Gasteiger partial charge on any atom is 0.223 e. The monoisotopic (exact) mass is 314 g/mol. The number of hydrogen-bond donors (Lipinski definition) is 1. The van der Waals surface area contributed by atoms with Gasteiger partial charge in [-0.1, -0.05) is 6.07 Å². The predicted molar refractivity (Wildman–Crippen MR) is 88.1 cm³/mol. The fraction of sp³-hybridized carbons (Fsp3) is 0.412. The van der Waals surface area contributed by atoms with E-state index in [1.807, 2.05) is 35.2 Å². The number of pyridine rings is 1. The normalized spacial score (nSPS) is 15.0. The summed E-state index contributed by atoms with van der Waals surface area (Å²) in [6.07, 6.45) is 3.98. The highest BCUT2D eigenvalue weighted by Gasteiger charge is 2.21. The lowest BCUT2D eigenvalue weighted by Crippen LogP contribution is -2.49. The lowest BCUT2D eigenvalue weighted by molar-refractivity contribution is -0.131. The number of nitrogens with zero attached hydrogens (tertiary/aromatic N) is 3. The Hall–Kier alpha value is -2.34. The summed E-state index contributed by atoms with van der Waals surface area (Å²) in [4.78, 5) is 20.8. The second-order valence-electron chi connectivity index (χ2n) is 5.56. The average Bonchev–Trinajstić information content (AvgIpc) is 3.13. The van der Waals surface area contributed by atoms with E-state index in [4.69, 9.17) is 4.42 Å². The first kappa shape index (κ1) is 15.6. The summed E-state index contributed by atoms with van der Waals surface area (Å²) < 4.78 is 5.24. The third kappa shape index (κ3) is 4.32. The molecule has 0 aliphatic carbocycles. The molecular weight excluding hydrogens is 292 g/mol. The van der Waals surface area contributed by atoms with E-state index in [2.05, 4.69) is 15.2 Å². The van der Waals surface area contributed by atoms with Crippen molar-refractivity contribution >= 4 is 11.7 Å². The van der Waals surface area contributed by atoms with Crippen LogP contribution in [0.4, 0.5) is 5.82 Å². The number of hydrogen-bond acceptors (Lipinski definition) is 5. The molecule has 0 unspecified atom stereocenters. The Labute approximate surface area is 136 Å². The van der Waals surface area contributed by atoms with Gasteiger partial charge in [-0.3, -0.25) is 4.79 Å². The van der Waals surface area contributed by atoms with Crippen LogP contribution in [0.2, 0.25) is 0 Å². The van der Waals surface area contributed by atoms with Crippen LogP contribution < -0.4 is 10.2 Å². The van der Waals surface area contributed by atoms with Gasteiger partial charge in [0.2, 0.25) is 5.91 Å². The van der Waals surface area contributed by atoms with Crippen molar-refractivity contribution in [3.05, 3.63) is 48.6 Å². The van der Waals surface area contributed by atoms with Crippen molar-refractivity contribution < 1.29 is 9.21 Å². The minimum Gasteiger partial charge on any atom is -0.468 e. The number of rotatable bonds is 6. The molecule has 0 radical (unpaired) electrons. The molecule has 2 aromatic heterocycles. The van der Waals surface area contributed by atoms with Crippen LogP contribution in [0.25, 0.3) is 0 Å². The van der Waals surface area contributed by atoms with Crippen LogP contribution in [0.1, 0.15) is 12.2 Å². The highest BCUT2D eigenvalue weighted by Crippen LogP contribution is 2.12. The van der Waals surface area contributed by atoms with Crippen molar-refractivity contribution in [3.8, 4) is 0 Å². The van der Waals surface area contributed by atoms with Crippen LogP contribution in [-0.4, -0.2) is 48.5 Å². The van der Waals surface area contributed by atoms with Crippen molar-refractivity contribution in [3.63, 3.8) is 0 Å². The zero-order valence-electron chi connectivity index (χ0n) is 13.1. The molecular formula is C17H22N4O2. The zero-order chi connectivity index (χ0) is 15.9. The van der Waals surface area contributed by atoms with Gasteiger partial charge < -0.3 is 19.5 Å². The topological polar surface area (TPSA) is 61.6 Å². The molecule has 2 aromatic rings. The van der Waals surface area contributed by atoms with Gasteiger partial charge in [0.25, 0.3) is 0 Å². The number of carbonyl (C=O) groups excluding carboxylic acids is 1. The Bertz CT molecular complexity index is 592. The molecule has 3 rings (SSSR count). The fourth-order valence-corrected chi connectivity index (χ4v) is 2.70. The molecule has 6 nitrogen and oxygen atoms in total. The summed E-state index contributed by atoms with van der Waals surface area (Å²) in [5.41, 5.74) is 0. The molecule has 1 aliphatic heterocycles. The Morgan fingerprint density at radius 2 is 2.04 bits per heavy atom. The minimum atomic E-state index is 0.206. The van der Waals surface area contributed by atoms with Crippen LogP contribution in [0.5, 0.6) is 0 Å². The Kier molecular flexibility index (Phi) is 5.26. The molecule has 122 valence electrons. The summed E-state index contributed by atoms with van der Waals surface area (Å²) in [7, 11) is 0. The molecule has 3 heterocycles. The lowest BCUT2D eigenvalue weighted by atomic mass is 10.2. The average molecular weight is 314 g/mol. The van der Waals surface area contributed by atoms with Gasteiger partial charge >= 0.3 is 0 Å². The maximum absolute atomic E-state index is 12.2. The summed E-state index contributed by atoms with van der Waals surface area (Å²) in [5, 5.41) is 3.23. The summed E-state index contributed by atoms with van der Waals surface area (Å²) in [6.45, 7) is 4.51. The van der Waals surface area contributed by atoms with E-state index < -0.39 is 0 Å². The highest BCUT2D eigenvalue weighted by molar-refractivity contribution is 5.76. The second-order valence-corrected chi connectivity index (χ2v) is 5.56. The smallest absolute Gasteiger partial charge is 0.223 e. The molecule has 1 aliphatic rings. The van der Waals surface area contributed by atoms with Gasteiger partial charge in [-0.25, -0.2) is 4.98 Å². The van der Waals surface area contributed by atoms with Crippen molar-refractivity contribution in [1.29, 1.82) is 0 Å². The molecule has 1 fully saturated rings. The predicted octanol–water partition coefficient (Wildman–Crippen LogP) is 1.50. The number of aromatic nitrogens is 1. The van der Waals surface area contributed by atoms with Gasteiger partial charge in [0.1, 0.15) is 11.6 Å². The first-order valence-electron chi connectivity index (χ1n) is 8.00. The van der Waals surface area contributed by atoms with Gasteiger partial charge in [0.05, 0.1) is 12.8 Å². The fourth-order valence-electron chi connectivity index (χ4n) is 2.70. The standard InChI is InChI=1S/C17H22N4O2/c22-17(6-8-18-14-15-4-3-13-23-15)21-11-9-20(10-12-21)16-5-1-2-7-19-16/h1-5,7,13,18H,6,8-12,14H2. The maximum atomic E-state index is 12.2. The number of carbonyl (C=O) groups is 1. The highest BCUT2D eigenvalue weighted by atomic mass is 16.3. The molecule has 1 N–H and O–H groups in total. The lowest BCUT2D eigenvalue weighted by Gasteiger charge is -2.35. The van der Waals surface area contributed by atoms with E-state index in [1.54, 1.807) is 12.5 Å². The van der Waals surface area contributed by atoms with E-state index in [1.165, 1.54) is 0 Å².